The van der Waals surface area contributed by atoms with Crippen LogP contribution >= 0.6 is 0 Å². The Kier molecular flexibility index (Phi) is 3.82. The van der Waals surface area contributed by atoms with E-state index in [9.17, 15) is 10.2 Å². The third-order valence-corrected chi connectivity index (χ3v) is 3.21. The van der Waals surface area contributed by atoms with Crippen molar-refractivity contribution in [3.8, 4) is 0 Å². The highest BCUT2D eigenvalue weighted by Gasteiger charge is 2.35. The molecule has 0 amide bonds. The Hall–Kier alpha value is -0.900. The van der Waals surface area contributed by atoms with Crippen LogP contribution in [0.4, 0.5) is 0 Å². The van der Waals surface area contributed by atoms with E-state index in [1.54, 1.807) is 6.92 Å². The zero-order chi connectivity index (χ0) is 12.3. The van der Waals surface area contributed by atoms with Gasteiger partial charge in [-0.05, 0) is 18.9 Å². The van der Waals surface area contributed by atoms with Crippen LogP contribution in [0.3, 0.4) is 0 Å². The van der Waals surface area contributed by atoms with Crippen LogP contribution in [0.2, 0.25) is 0 Å². The maximum Gasteiger partial charge on any atom is 0.0720 e. The largest absolute Gasteiger partial charge is 0.393 e. The van der Waals surface area contributed by atoms with Crippen molar-refractivity contribution in [3.63, 3.8) is 0 Å². The quantitative estimate of drug-likeness (QED) is 0.842. The number of benzene rings is 1. The summed E-state index contributed by atoms with van der Waals surface area (Å²) in [6.45, 7) is 2.29. The first-order chi connectivity index (χ1) is 8.05. The van der Waals surface area contributed by atoms with Crippen molar-refractivity contribution in [1.82, 2.24) is 0 Å². The lowest BCUT2D eigenvalue weighted by Crippen LogP contribution is -2.42. The molecule has 0 aromatic heterocycles. The fourth-order valence-corrected chi connectivity index (χ4v) is 2.47. The first-order valence-electron chi connectivity index (χ1n) is 6.11. The minimum atomic E-state index is -0.807. The zero-order valence-corrected chi connectivity index (χ0v) is 10.2. The van der Waals surface area contributed by atoms with E-state index in [0.717, 1.165) is 5.56 Å². The number of hydrogen-bond donors (Lipinski definition) is 2. The molecule has 1 aromatic rings. The lowest BCUT2D eigenvalue weighted by Gasteiger charge is -2.36. The van der Waals surface area contributed by atoms with Crippen LogP contribution in [0.1, 0.15) is 31.7 Å². The van der Waals surface area contributed by atoms with Gasteiger partial charge in [-0.1, -0.05) is 30.3 Å². The summed E-state index contributed by atoms with van der Waals surface area (Å²) in [5.74, 6) is 0. The van der Waals surface area contributed by atoms with E-state index in [2.05, 4.69) is 0 Å². The van der Waals surface area contributed by atoms with Crippen molar-refractivity contribution in [1.29, 1.82) is 0 Å². The van der Waals surface area contributed by atoms with E-state index in [0.29, 0.717) is 25.9 Å². The Morgan fingerprint density at radius 1 is 1.29 bits per heavy atom. The molecule has 2 N–H and O–H groups in total. The van der Waals surface area contributed by atoms with Gasteiger partial charge in [0.2, 0.25) is 0 Å². The van der Waals surface area contributed by atoms with Gasteiger partial charge in [-0.15, -0.1) is 0 Å². The summed E-state index contributed by atoms with van der Waals surface area (Å²) in [6, 6.07) is 9.95. The van der Waals surface area contributed by atoms with Crippen LogP contribution in [-0.4, -0.2) is 28.0 Å². The van der Waals surface area contributed by atoms with Gasteiger partial charge in [0.25, 0.3) is 0 Å². The molecule has 3 nitrogen and oxygen atoms in total. The fraction of sp³-hybridized carbons (Fsp3) is 0.571. The van der Waals surface area contributed by atoms with Crippen molar-refractivity contribution in [2.75, 3.05) is 0 Å². The van der Waals surface area contributed by atoms with E-state index >= 15 is 0 Å². The molecule has 3 atom stereocenters. The number of aliphatic hydroxyl groups is 2. The topological polar surface area (TPSA) is 49.7 Å². The molecule has 0 radical (unpaired) electrons. The molecular formula is C14H20O3. The smallest absolute Gasteiger partial charge is 0.0720 e. The molecule has 1 aromatic carbocycles. The monoisotopic (exact) mass is 236 g/mol. The Morgan fingerprint density at radius 3 is 2.65 bits per heavy atom. The van der Waals surface area contributed by atoms with Gasteiger partial charge in [-0.2, -0.15) is 0 Å². The second-order valence-corrected chi connectivity index (χ2v) is 5.21. The van der Waals surface area contributed by atoms with Crippen LogP contribution in [0, 0.1) is 0 Å². The van der Waals surface area contributed by atoms with Gasteiger partial charge in [0.1, 0.15) is 0 Å². The highest BCUT2D eigenvalue weighted by Crippen LogP contribution is 2.30. The highest BCUT2D eigenvalue weighted by molar-refractivity contribution is 5.13. The number of rotatable bonds is 3. The molecule has 0 aliphatic heterocycles. The van der Waals surface area contributed by atoms with Crippen LogP contribution in [0.5, 0.6) is 0 Å². The van der Waals surface area contributed by atoms with E-state index in [-0.39, 0.29) is 6.10 Å². The van der Waals surface area contributed by atoms with Crippen LogP contribution in [0.15, 0.2) is 30.3 Å². The van der Waals surface area contributed by atoms with E-state index < -0.39 is 11.7 Å². The molecule has 0 heterocycles. The molecule has 0 saturated heterocycles. The molecule has 1 fully saturated rings. The molecule has 0 spiro atoms. The summed E-state index contributed by atoms with van der Waals surface area (Å²) in [5.41, 5.74) is 0.311. The van der Waals surface area contributed by atoms with Crippen molar-refractivity contribution >= 4 is 0 Å². The van der Waals surface area contributed by atoms with E-state index in [1.165, 1.54) is 0 Å². The molecule has 94 valence electrons. The predicted octanol–water partition coefficient (Wildman–Crippen LogP) is 1.87. The molecule has 1 saturated carbocycles. The Balaban J connectivity index is 1.87. The molecule has 3 heteroatoms. The Bertz CT molecular complexity index is 348. The molecule has 1 unspecified atom stereocenters. The van der Waals surface area contributed by atoms with Gasteiger partial charge in [-0.25, -0.2) is 0 Å². The third-order valence-electron chi connectivity index (χ3n) is 3.21. The normalized spacial score (nSPS) is 33.6. The van der Waals surface area contributed by atoms with Crippen molar-refractivity contribution in [3.05, 3.63) is 35.9 Å². The van der Waals surface area contributed by atoms with E-state index in [4.69, 9.17) is 4.74 Å². The van der Waals surface area contributed by atoms with Crippen LogP contribution < -0.4 is 0 Å². The molecule has 1 aliphatic rings. The van der Waals surface area contributed by atoms with Crippen LogP contribution in [-0.2, 0) is 11.3 Å². The van der Waals surface area contributed by atoms with Crippen LogP contribution in [0.25, 0.3) is 0 Å². The molecular weight excluding hydrogens is 216 g/mol. The molecule has 0 bridgehead atoms. The maximum atomic E-state index is 9.97. The predicted molar refractivity (Wildman–Crippen MR) is 65.5 cm³/mol. The standard InChI is InChI=1S/C14H20O3/c1-14(16)8-12(15)7-13(9-14)17-10-11-5-3-2-4-6-11/h2-6,12-13,15-16H,7-10H2,1H3/t12-,13?,14-/m0/s1. The van der Waals surface area contributed by atoms with Crippen molar-refractivity contribution in [2.24, 2.45) is 0 Å². The Labute approximate surface area is 102 Å². The highest BCUT2D eigenvalue weighted by atomic mass is 16.5. The molecule has 1 aliphatic carbocycles. The molecule has 2 rings (SSSR count). The third kappa shape index (κ3) is 3.80. The number of ether oxygens (including phenoxy) is 1. The summed E-state index contributed by atoms with van der Waals surface area (Å²) in [5, 5.41) is 19.6. The summed E-state index contributed by atoms with van der Waals surface area (Å²) in [4.78, 5) is 0. The molecule has 17 heavy (non-hydrogen) atoms. The minimum Gasteiger partial charge on any atom is -0.393 e. The van der Waals surface area contributed by atoms with Crippen molar-refractivity contribution < 1.29 is 14.9 Å². The lowest BCUT2D eigenvalue weighted by molar-refractivity contribution is -0.106. The Morgan fingerprint density at radius 2 is 2.00 bits per heavy atom. The average molecular weight is 236 g/mol. The number of hydrogen-bond acceptors (Lipinski definition) is 3. The summed E-state index contributed by atoms with van der Waals surface area (Å²) in [6.07, 6.45) is 1.13. The fourth-order valence-electron chi connectivity index (χ4n) is 2.47. The summed E-state index contributed by atoms with van der Waals surface area (Å²) in [7, 11) is 0. The van der Waals surface area contributed by atoms with E-state index in [1.807, 2.05) is 30.3 Å². The van der Waals surface area contributed by atoms with Gasteiger partial charge in [0, 0.05) is 12.8 Å². The average Bonchev–Trinajstić information content (AvgIpc) is 2.25. The number of aliphatic hydroxyl groups excluding tert-OH is 1. The minimum absolute atomic E-state index is 0.0612. The van der Waals surface area contributed by atoms with Gasteiger partial charge in [-0.3, -0.25) is 0 Å². The first kappa shape index (κ1) is 12.6. The van der Waals surface area contributed by atoms with Gasteiger partial charge in [0.05, 0.1) is 24.4 Å². The summed E-state index contributed by atoms with van der Waals surface area (Å²) >= 11 is 0. The van der Waals surface area contributed by atoms with Gasteiger partial charge >= 0.3 is 0 Å². The maximum absolute atomic E-state index is 9.97. The zero-order valence-electron chi connectivity index (χ0n) is 10.2. The summed E-state index contributed by atoms with van der Waals surface area (Å²) < 4.78 is 5.76. The second-order valence-electron chi connectivity index (χ2n) is 5.21. The lowest BCUT2D eigenvalue weighted by atomic mass is 9.83. The van der Waals surface area contributed by atoms with Gasteiger partial charge < -0.3 is 14.9 Å². The van der Waals surface area contributed by atoms with Crippen molar-refractivity contribution in [2.45, 2.75) is 50.6 Å². The second kappa shape index (κ2) is 5.17. The van der Waals surface area contributed by atoms with Gasteiger partial charge in [0.15, 0.2) is 0 Å². The first-order valence-corrected chi connectivity index (χ1v) is 6.11. The SMILES string of the molecule is C[C@@]1(O)CC(OCc2ccccc2)C[C@H](O)C1.